The van der Waals surface area contributed by atoms with Crippen LogP contribution in [0.1, 0.15) is 17.7 Å². The van der Waals surface area contributed by atoms with Crippen molar-refractivity contribution < 1.29 is 14.3 Å². The molecule has 0 aliphatic heterocycles. The zero-order chi connectivity index (χ0) is 13.7. The lowest BCUT2D eigenvalue weighted by molar-refractivity contribution is -0.117. The molecular weight excluding hydrogens is 321 g/mol. The van der Waals surface area contributed by atoms with Crippen LogP contribution in [-0.4, -0.2) is 23.4 Å². The molecule has 0 aromatic heterocycles. The molecule has 2 unspecified atom stereocenters. The molecule has 1 aromatic carbocycles. The van der Waals surface area contributed by atoms with Crippen molar-refractivity contribution in [1.82, 2.24) is 0 Å². The quantitative estimate of drug-likeness (QED) is 0.839. The Kier molecular flexibility index (Phi) is 6.11. The van der Waals surface area contributed by atoms with Crippen LogP contribution in [0.3, 0.4) is 0 Å². The van der Waals surface area contributed by atoms with Crippen LogP contribution in [-0.2, 0) is 4.79 Å². The summed E-state index contributed by atoms with van der Waals surface area (Å²) in [5, 5.41) is 8.21. The molecule has 0 spiro atoms. The Morgan fingerprint density at radius 1 is 1.61 bits per heavy atom. The molecule has 3 nitrogen and oxygen atoms in total. The third-order valence-electron chi connectivity index (χ3n) is 2.36. The van der Waals surface area contributed by atoms with Gasteiger partial charge in [0.1, 0.15) is 11.1 Å². The van der Waals surface area contributed by atoms with E-state index in [0.717, 1.165) is 0 Å². The highest BCUT2D eigenvalue weighted by atomic mass is 79.9. The molecule has 0 radical (unpaired) electrons. The highest BCUT2D eigenvalue weighted by Gasteiger charge is 2.22. The lowest BCUT2D eigenvalue weighted by atomic mass is 10.1. The van der Waals surface area contributed by atoms with Crippen LogP contribution in [0.4, 0.5) is 4.39 Å². The van der Waals surface area contributed by atoms with Gasteiger partial charge in [-0.1, -0.05) is 28.9 Å². The summed E-state index contributed by atoms with van der Waals surface area (Å²) < 4.78 is 14.4. The van der Waals surface area contributed by atoms with Gasteiger partial charge in [0.15, 0.2) is 0 Å². The van der Waals surface area contributed by atoms with Gasteiger partial charge < -0.3 is 10.8 Å². The highest BCUT2D eigenvalue weighted by molar-refractivity contribution is 9.10. The molecule has 0 saturated heterocycles. The summed E-state index contributed by atoms with van der Waals surface area (Å²) in [6, 6.07) is 4.52. The molecule has 2 atom stereocenters. The summed E-state index contributed by atoms with van der Waals surface area (Å²) >= 11 is 4.41. The molecule has 6 heteroatoms. The van der Waals surface area contributed by atoms with Crippen molar-refractivity contribution in [2.45, 2.75) is 12.2 Å². The van der Waals surface area contributed by atoms with Crippen molar-refractivity contribution in [2.24, 2.45) is 11.7 Å². The van der Waals surface area contributed by atoms with Crippen molar-refractivity contribution in [1.29, 1.82) is 0 Å². The first-order valence-electron chi connectivity index (χ1n) is 5.42. The van der Waals surface area contributed by atoms with Crippen LogP contribution < -0.4 is 5.73 Å². The van der Waals surface area contributed by atoms with E-state index in [1.54, 1.807) is 12.1 Å². The van der Waals surface area contributed by atoms with Gasteiger partial charge in [-0.2, -0.15) is 0 Å². The lowest BCUT2D eigenvalue weighted by Crippen LogP contribution is -2.21. The maximum atomic E-state index is 13.8. The molecule has 0 saturated carbocycles. The highest BCUT2D eigenvalue weighted by Crippen LogP contribution is 2.32. The summed E-state index contributed by atoms with van der Waals surface area (Å²) in [5.41, 5.74) is 5.58. The Bertz CT molecular complexity index is 431. The van der Waals surface area contributed by atoms with Crippen LogP contribution >= 0.6 is 27.7 Å². The Labute approximate surface area is 118 Å². The largest absolute Gasteiger partial charge is 0.396 e. The molecule has 0 bridgehead atoms. The van der Waals surface area contributed by atoms with Crippen LogP contribution in [0.2, 0.25) is 0 Å². The number of nitrogens with two attached hydrogens (primary N) is 1. The van der Waals surface area contributed by atoms with E-state index in [1.165, 1.54) is 17.8 Å². The summed E-state index contributed by atoms with van der Waals surface area (Å²) in [5.74, 6) is -0.460. The fourth-order valence-electron chi connectivity index (χ4n) is 1.35. The van der Waals surface area contributed by atoms with Crippen LogP contribution in [0.5, 0.6) is 0 Å². The van der Waals surface area contributed by atoms with Crippen molar-refractivity contribution in [3.63, 3.8) is 0 Å². The van der Waals surface area contributed by atoms with Gasteiger partial charge in [-0.15, -0.1) is 11.8 Å². The number of thioether (sulfide) groups is 1. The van der Waals surface area contributed by atoms with Crippen LogP contribution in [0, 0.1) is 11.7 Å². The Balaban J connectivity index is 2.87. The number of carbonyl (C=O) groups excluding carboxylic acids is 1. The summed E-state index contributed by atoms with van der Waals surface area (Å²) in [4.78, 5) is 11.4. The number of amides is 1. The number of aliphatic hydroxyl groups is 1. The number of benzene rings is 1. The number of carbonyl (C=O) groups is 1. The molecule has 1 aromatic rings. The first kappa shape index (κ1) is 15.5. The van der Waals surface area contributed by atoms with E-state index in [2.05, 4.69) is 15.9 Å². The number of halogens is 2. The summed E-state index contributed by atoms with van der Waals surface area (Å²) in [6.07, 6.45) is 0. The topological polar surface area (TPSA) is 63.3 Å². The monoisotopic (exact) mass is 335 g/mol. The van der Waals surface area contributed by atoms with E-state index >= 15 is 0 Å². The second-order valence-corrected chi connectivity index (χ2v) is 6.12. The predicted molar refractivity (Wildman–Crippen MR) is 74.7 cm³/mol. The van der Waals surface area contributed by atoms with E-state index in [0.29, 0.717) is 10.2 Å². The Morgan fingerprint density at radius 3 is 2.78 bits per heavy atom. The molecule has 18 heavy (non-hydrogen) atoms. The molecule has 0 fully saturated rings. The molecule has 100 valence electrons. The third kappa shape index (κ3) is 4.26. The van der Waals surface area contributed by atoms with Crippen LogP contribution in [0.15, 0.2) is 22.7 Å². The first-order chi connectivity index (χ1) is 8.45. The van der Waals surface area contributed by atoms with Gasteiger partial charge in [0.25, 0.3) is 0 Å². The Morgan fingerprint density at radius 2 is 2.28 bits per heavy atom. The molecule has 0 heterocycles. The minimum absolute atomic E-state index is 0.0291. The van der Waals surface area contributed by atoms with E-state index in [-0.39, 0.29) is 18.1 Å². The zero-order valence-corrected chi connectivity index (χ0v) is 12.3. The fourth-order valence-corrected chi connectivity index (χ4v) is 2.85. The van der Waals surface area contributed by atoms with Crippen LogP contribution in [0.25, 0.3) is 0 Å². The number of rotatable bonds is 6. The first-order valence-corrected chi connectivity index (χ1v) is 7.26. The lowest BCUT2D eigenvalue weighted by Gasteiger charge is -2.16. The van der Waals surface area contributed by atoms with Gasteiger partial charge in [0.2, 0.25) is 5.91 Å². The normalized spacial score (nSPS) is 14.2. The minimum Gasteiger partial charge on any atom is -0.396 e. The van der Waals surface area contributed by atoms with E-state index in [1.807, 2.05) is 6.92 Å². The number of aliphatic hydroxyl groups excluding tert-OH is 1. The average Bonchev–Trinajstić information content (AvgIpc) is 2.31. The molecule has 1 rings (SSSR count). The predicted octanol–water partition coefficient (Wildman–Crippen LogP) is 2.48. The van der Waals surface area contributed by atoms with Crippen molar-refractivity contribution in [3.8, 4) is 0 Å². The van der Waals surface area contributed by atoms with E-state index in [9.17, 15) is 9.18 Å². The Hall–Kier alpha value is -0.590. The number of hydrogen-bond acceptors (Lipinski definition) is 3. The molecular formula is C12H15BrFNO2S. The van der Waals surface area contributed by atoms with Gasteiger partial charge >= 0.3 is 0 Å². The van der Waals surface area contributed by atoms with Gasteiger partial charge in [0.05, 0.1) is 0 Å². The summed E-state index contributed by atoms with van der Waals surface area (Å²) in [6.45, 7) is 1.88. The van der Waals surface area contributed by atoms with Gasteiger partial charge in [-0.05, 0) is 23.8 Å². The second-order valence-electron chi connectivity index (χ2n) is 4.07. The van der Waals surface area contributed by atoms with Crippen molar-refractivity contribution in [3.05, 3.63) is 34.1 Å². The van der Waals surface area contributed by atoms with Crippen molar-refractivity contribution in [2.75, 3.05) is 12.4 Å². The molecule has 0 aliphatic carbocycles. The standard InChI is InChI=1S/C12H15BrFNO2S/c1-7(5-16)6-18-11(12(15)17)9-3-2-8(13)4-10(9)14/h2-4,7,11,16H,5-6H2,1H3,(H2,15,17). The maximum Gasteiger partial charge on any atom is 0.235 e. The molecule has 0 aliphatic rings. The van der Waals surface area contributed by atoms with Gasteiger partial charge in [-0.3, -0.25) is 4.79 Å². The SMILES string of the molecule is CC(CO)CSC(C(N)=O)c1ccc(Br)cc1F. The average molecular weight is 336 g/mol. The number of primary amides is 1. The van der Waals surface area contributed by atoms with Gasteiger partial charge in [0, 0.05) is 16.6 Å². The molecule has 3 N–H and O–H groups in total. The minimum atomic E-state index is -0.730. The van der Waals surface area contributed by atoms with E-state index < -0.39 is 17.0 Å². The third-order valence-corrected chi connectivity index (χ3v) is 4.44. The smallest absolute Gasteiger partial charge is 0.235 e. The molecule has 1 amide bonds. The maximum absolute atomic E-state index is 13.8. The van der Waals surface area contributed by atoms with Crippen molar-refractivity contribution >= 4 is 33.6 Å². The second kappa shape index (κ2) is 7.11. The fraction of sp³-hybridized carbons (Fsp3) is 0.417. The summed E-state index contributed by atoms with van der Waals surface area (Å²) in [7, 11) is 0. The zero-order valence-electron chi connectivity index (χ0n) is 9.90. The van der Waals surface area contributed by atoms with E-state index in [4.69, 9.17) is 10.8 Å². The van der Waals surface area contributed by atoms with Gasteiger partial charge in [-0.25, -0.2) is 4.39 Å². The number of hydrogen-bond donors (Lipinski definition) is 2.